The summed E-state index contributed by atoms with van der Waals surface area (Å²) in [4.78, 5) is 4.64. The molecular formula is C17H23N3OS. The Morgan fingerprint density at radius 2 is 2.14 bits per heavy atom. The van der Waals surface area contributed by atoms with Gasteiger partial charge in [-0.25, -0.2) is 0 Å². The lowest BCUT2D eigenvalue weighted by atomic mass is 10.0. The van der Waals surface area contributed by atoms with Gasteiger partial charge in [0.25, 0.3) is 0 Å². The molecule has 5 heteroatoms. The third-order valence-electron chi connectivity index (χ3n) is 4.10. The summed E-state index contributed by atoms with van der Waals surface area (Å²) in [6.45, 7) is 2.88. The van der Waals surface area contributed by atoms with Gasteiger partial charge in [-0.05, 0) is 43.3 Å². The highest BCUT2D eigenvalue weighted by molar-refractivity contribution is 7.99. The van der Waals surface area contributed by atoms with Gasteiger partial charge in [-0.2, -0.15) is 16.7 Å². The molecule has 2 atom stereocenters. The van der Waals surface area contributed by atoms with Crippen LogP contribution in [-0.4, -0.2) is 21.6 Å². The van der Waals surface area contributed by atoms with Crippen molar-refractivity contribution in [3.05, 3.63) is 47.6 Å². The van der Waals surface area contributed by atoms with Crippen molar-refractivity contribution in [1.29, 1.82) is 0 Å². The summed E-state index contributed by atoms with van der Waals surface area (Å²) in [6.07, 6.45) is 3.59. The predicted molar refractivity (Wildman–Crippen MR) is 89.9 cm³/mol. The van der Waals surface area contributed by atoms with E-state index >= 15 is 0 Å². The summed E-state index contributed by atoms with van der Waals surface area (Å²) in [5.74, 6) is 4.52. The molecule has 0 amide bonds. The quantitative estimate of drug-likeness (QED) is 0.906. The molecule has 0 bridgehead atoms. The van der Waals surface area contributed by atoms with Gasteiger partial charge in [0.2, 0.25) is 5.89 Å². The number of thioether (sulfide) groups is 1. The van der Waals surface area contributed by atoms with Gasteiger partial charge in [-0.1, -0.05) is 35.5 Å². The van der Waals surface area contributed by atoms with Gasteiger partial charge in [0.15, 0.2) is 5.82 Å². The first kappa shape index (κ1) is 15.6. The van der Waals surface area contributed by atoms with Crippen LogP contribution in [0.15, 0.2) is 34.9 Å². The topological polar surface area (TPSA) is 51.0 Å². The van der Waals surface area contributed by atoms with Crippen molar-refractivity contribution in [2.75, 3.05) is 11.5 Å². The third-order valence-corrected chi connectivity index (χ3v) is 5.20. The minimum Gasteiger partial charge on any atom is -0.338 e. The number of hydrogen-bond acceptors (Lipinski definition) is 5. The molecule has 1 fully saturated rings. The van der Waals surface area contributed by atoms with Crippen molar-refractivity contribution in [2.24, 2.45) is 0 Å². The van der Waals surface area contributed by atoms with Gasteiger partial charge >= 0.3 is 0 Å². The van der Waals surface area contributed by atoms with Crippen molar-refractivity contribution in [3.8, 4) is 0 Å². The molecule has 1 N–H and O–H groups in total. The van der Waals surface area contributed by atoms with Crippen LogP contribution in [0.1, 0.15) is 55.4 Å². The molecule has 2 heterocycles. The number of nitrogens with one attached hydrogen (secondary N) is 1. The molecule has 0 radical (unpaired) electrons. The van der Waals surface area contributed by atoms with E-state index in [0.717, 1.165) is 18.8 Å². The van der Waals surface area contributed by atoms with Gasteiger partial charge in [-0.15, -0.1) is 0 Å². The minimum atomic E-state index is 0.0709. The summed E-state index contributed by atoms with van der Waals surface area (Å²) in [7, 11) is 0. The van der Waals surface area contributed by atoms with Crippen LogP contribution in [0.5, 0.6) is 0 Å². The predicted octanol–water partition coefficient (Wildman–Crippen LogP) is 3.92. The maximum Gasteiger partial charge on any atom is 0.243 e. The molecule has 22 heavy (non-hydrogen) atoms. The van der Waals surface area contributed by atoms with Crippen LogP contribution in [0, 0.1) is 0 Å². The van der Waals surface area contributed by atoms with Crippen LogP contribution >= 0.6 is 11.8 Å². The molecule has 0 saturated carbocycles. The number of benzene rings is 1. The van der Waals surface area contributed by atoms with Crippen LogP contribution in [-0.2, 0) is 6.54 Å². The number of rotatable bonds is 5. The summed E-state index contributed by atoms with van der Waals surface area (Å²) in [6, 6.07) is 10.4. The lowest BCUT2D eigenvalue weighted by Gasteiger charge is -2.10. The Balaban J connectivity index is 1.57. The zero-order valence-electron chi connectivity index (χ0n) is 13.0. The minimum absolute atomic E-state index is 0.0709. The highest BCUT2D eigenvalue weighted by atomic mass is 32.2. The van der Waals surface area contributed by atoms with Gasteiger partial charge < -0.3 is 9.84 Å². The maximum atomic E-state index is 5.48. The highest BCUT2D eigenvalue weighted by Gasteiger charge is 2.21. The molecule has 0 unspecified atom stereocenters. The Bertz CT molecular complexity index is 564. The second kappa shape index (κ2) is 7.79. The van der Waals surface area contributed by atoms with E-state index in [9.17, 15) is 0 Å². The SMILES string of the molecule is C[C@H](NCc1ccccc1)c1nc([C@@H]2CCCSCC2)no1. The first-order chi connectivity index (χ1) is 10.8. The van der Waals surface area contributed by atoms with Crippen molar-refractivity contribution < 1.29 is 4.52 Å². The second-order valence-electron chi connectivity index (χ2n) is 5.82. The summed E-state index contributed by atoms with van der Waals surface area (Å²) in [5.41, 5.74) is 1.26. The summed E-state index contributed by atoms with van der Waals surface area (Å²) >= 11 is 2.03. The Hall–Kier alpha value is -1.33. The summed E-state index contributed by atoms with van der Waals surface area (Å²) in [5, 5.41) is 7.67. The Morgan fingerprint density at radius 1 is 1.27 bits per heavy atom. The number of aromatic nitrogens is 2. The van der Waals surface area contributed by atoms with Gasteiger partial charge in [0, 0.05) is 12.5 Å². The van der Waals surface area contributed by atoms with E-state index in [-0.39, 0.29) is 6.04 Å². The zero-order chi connectivity index (χ0) is 15.2. The van der Waals surface area contributed by atoms with Crippen LogP contribution in [0.3, 0.4) is 0 Å². The smallest absolute Gasteiger partial charge is 0.243 e. The third kappa shape index (κ3) is 4.11. The van der Waals surface area contributed by atoms with Crippen LogP contribution in [0.4, 0.5) is 0 Å². The molecular weight excluding hydrogens is 294 g/mol. The first-order valence-electron chi connectivity index (χ1n) is 8.01. The molecule has 1 aromatic carbocycles. The molecule has 1 aliphatic heterocycles. The van der Waals surface area contributed by atoms with Crippen LogP contribution in [0.2, 0.25) is 0 Å². The van der Waals surface area contributed by atoms with E-state index in [1.165, 1.54) is 29.9 Å². The van der Waals surface area contributed by atoms with Gasteiger partial charge in [0.1, 0.15) is 0 Å². The molecule has 0 spiro atoms. The lowest BCUT2D eigenvalue weighted by Crippen LogP contribution is -2.18. The molecule has 118 valence electrons. The largest absolute Gasteiger partial charge is 0.338 e. The Morgan fingerprint density at radius 3 is 3.00 bits per heavy atom. The normalized spacial score (nSPS) is 20.5. The fraction of sp³-hybridized carbons (Fsp3) is 0.529. The number of nitrogens with zero attached hydrogens (tertiary/aromatic N) is 2. The van der Waals surface area contributed by atoms with E-state index in [1.54, 1.807) is 0 Å². The highest BCUT2D eigenvalue weighted by Crippen LogP contribution is 2.29. The molecule has 1 aromatic heterocycles. The standard InChI is InChI=1S/C17H23N3OS/c1-13(18-12-14-6-3-2-4-7-14)17-19-16(20-21-17)15-8-5-10-22-11-9-15/h2-4,6-7,13,15,18H,5,8-12H2,1H3/t13-,15+/m0/s1. The fourth-order valence-electron chi connectivity index (χ4n) is 2.71. The van der Waals surface area contributed by atoms with Crippen LogP contribution in [0.25, 0.3) is 0 Å². The molecule has 1 saturated heterocycles. The summed E-state index contributed by atoms with van der Waals surface area (Å²) < 4.78 is 5.48. The second-order valence-corrected chi connectivity index (χ2v) is 7.04. The van der Waals surface area contributed by atoms with Crippen molar-refractivity contribution in [2.45, 2.75) is 44.7 Å². The van der Waals surface area contributed by atoms with Gasteiger partial charge in [0.05, 0.1) is 6.04 Å². The fourth-order valence-corrected chi connectivity index (χ4v) is 3.73. The van der Waals surface area contributed by atoms with E-state index in [1.807, 2.05) is 17.8 Å². The van der Waals surface area contributed by atoms with E-state index in [2.05, 4.69) is 46.6 Å². The molecule has 0 aliphatic carbocycles. The maximum absolute atomic E-state index is 5.48. The monoisotopic (exact) mass is 317 g/mol. The van der Waals surface area contributed by atoms with Gasteiger partial charge in [-0.3, -0.25) is 0 Å². The van der Waals surface area contributed by atoms with Crippen LogP contribution < -0.4 is 5.32 Å². The average molecular weight is 317 g/mol. The van der Waals surface area contributed by atoms with Crippen molar-refractivity contribution in [3.63, 3.8) is 0 Å². The van der Waals surface area contributed by atoms with E-state index in [0.29, 0.717) is 11.8 Å². The average Bonchev–Trinajstić information content (AvgIpc) is 2.89. The first-order valence-corrected chi connectivity index (χ1v) is 9.17. The Labute approximate surface area is 136 Å². The zero-order valence-corrected chi connectivity index (χ0v) is 13.8. The van der Waals surface area contributed by atoms with E-state index < -0.39 is 0 Å². The molecule has 2 aromatic rings. The molecule has 1 aliphatic rings. The molecule has 3 rings (SSSR count). The number of hydrogen-bond donors (Lipinski definition) is 1. The van der Waals surface area contributed by atoms with E-state index in [4.69, 9.17) is 4.52 Å². The lowest BCUT2D eigenvalue weighted by molar-refractivity contribution is 0.333. The van der Waals surface area contributed by atoms with Crippen molar-refractivity contribution in [1.82, 2.24) is 15.5 Å². The Kier molecular flexibility index (Phi) is 5.51. The van der Waals surface area contributed by atoms with Crippen molar-refractivity contribution >= 4 is 11.8 Å². The molecule has 4 nitrogen and oxygen atoms in total.